The fourth-order valence-corrected chi connectivity index (χ4v) is 1.95. The second-order valence-electron chi connectivity index (χ2n) is 4.53. The van der Waals surface area contributed by atoms with E-state index in [1.165, 1.54) is 0 Å². The highest BCUT2D eigenvalue weighted by Crippen LogP contribution is 2.29. The average Bonchev–Trinajstić information content (AvgIpc) is 2.52. The first-order valence-electron chi connectivity index (χ1n) is 6.62. The summed E-state index contributed by atoms with van der Waals surface area (Å²) in [7, 11) is 3.15. The van der Waals surface area contributed by atoms with Gasteiger partial charge in [0.2, 0.25) is 0 Å². The molecule has 1 atom stereocenters. The Balaban J connectivity index is 2.09. The molecule has 0 aliphatic rings. The van der Waals surface area contributed by atoms with Gasteiger partial charge in [0, 0.05) is 12.3 Å². The van der Waals surface area contributed by atoms with E-state index in [2.05, 4.69) is 4.98 Å². The van der Waals surface area contributed by atoms with Gasteiger partial charge in [0.05, 0.1) is 20.3 Å². The number of hydrogen-bond donors (Lipinski definition) is 1. The van der Waals surface area contributed by atoms with E-state index in [1.807, 2.05) is 24.3 Å². The third-order valence-corrected chi connectivity index (χ3v) is 3.10. The van der Waals surface area contributed by atoms with Crippen LogP contribution in [0.2, 0.25) is 0 Å². The van der Waals surface area contributed by atoms with E-state index in [0.29, 0.717) is 22.9 Å². The van der Waals surface area contributed by atoms with Gasteiger partial charge in [-0.05, 0) is 24.6 Å². The smallest absolute Gasteiger partial charge is 0.185 e. The lowest BCUT2D eigenvalue weighted by molar-refractivity contribution is 0.199. The number of hydrogen-bond acceptors (Lipinski definition) is 5. The summed E-state index contributed by atoms with van der Waals surface area (Å²) in [6, 6.07) is 9.02. The number of benzene rings is 1. The molecule has 0 aliphatic carbocycles. The Bertz CT molecular complexity index is 581. The molecular formula is C16H19NO4. The molecule has 21 heavy (non-hydrogen) atoms. The highest BCUT2D eigenvalue weighted by molar-refractivity contribution is 5.42. The summed E-state index contributed by atoms with van der Waals surface area (Å²) in [5.74, 6) is 1.89. The third-order valence-electron chi connectivity index (χ3n) is 3.10. The number of methoxy groups -OCH3 is 2. The largest absolute Gasteiger partial charge is 0.493 e. The highest BCUT2D eigenvalue weighted by atomic mass is 16.5. The van der Waals surface area contributed by atoms with E-state index < -0.39 is 6.10 Å². The van der Waals surface area contributed by atoms with Crippen LogP contribution in [-0.2, 0) is 6.61 Å². The van der Waals surface area contributed by atoms with Crippen molar-refractivity contribution in [2.45, 2.75) is 19.6 Å². The molecule has 0 radical (unpaired) electrons. The van der Waals surface area contributed by atoms with E-state index in [0.717, 1.165) is 5.56 Å². The van der Waals surface area contributed by atoms with Crippen molar-refractivity contribution in [3.05, 3.63) is 47.8 Å². The normalized spacial score (nSPS) is 11.8. The molecule has 2 rings (SSSR count). The van der Waals surface area contributed by atoms with Crippen LogP contribution in [0.15, 0.2) is 36.5 Å². The Kier molecular flexibility index (Phi) is 5.00. The summed E-state index contributed by atoms with van der Waals surface area (Å²) in [6.07, 6.45) is 1.16. The molecule has 5 nitrogen and oxygen atoms in total. The monoisotopic (exact) mass is 289 g/mol. The number of aliphatic hydroxyl groups is 1. The third kappa shape index (κ3) is 3.64. The minimum absolute atomic E-state index is 0.272. The van der Waals surface area contributed by atoms with Gasteiger partial charge in [0.25, 0.3) is 0 Å². The van der Waals surface area contributed by atoms with Crippen molar-refractivity contribution in [1.82, 2.24) is 4.98 Å². The Morgan fingerprint density at radius 1 is 1.10 bits per heavy atom. The Morgan fingerprint density at radius 2 is 1.81 bits per heavy atom. The van der Waals surface area contributed by atoms with Crippen molar-refractivity contribution in [3.8, 4) is 17.2 Å². The Labute approximate surface area is 124 Å². The fourth-order valence-electron chi connectivity index (χ4n) is 1.95. The highest BCUT2D eigenvalue weighted by Gasteiger charge is 2.11. The molecule has 0 unspecified atom stereocenters. The van der Waals surface area contributed by atoms with Crippen LogP contribution < -0.4 is 14.2 Å². The maximum Gasteiger partial charge on any atom is 0.185 e. The predicted molar refractivity (Wildman–Crippen MR) is 78.7 cm³/mol. The summed E-state index contributed by atoms with van der Waals surface area (Å²) in [5.41, 5.74) is 1.51. The fraction of sp³-hybridized carbons (Fsp3) is 0.312. The first kappa shape index (κ1) is 15.1. The van der Waals surface area contributed by atoms with Gasteiger partial charge in [-0.2, -0.15) is 0 Å². The zero-order valence-corrected chi connectivity index (χ0v) is 12.4. The molecule has 1 aromatic carbocycles. The minimum atomic E-state index is -0.487. The lowest BCUT2D eigenvalue weighted by atomic mass is 10.1. The summed E-state index contributed by atoms with van der Waals surface area (Å²) >= 11 is 0. The van der Waals surface area contributed by atoms with E-state index in [-0.39, 0.29) is 6.61 Å². The number of ether oxygens (including phenoxy) is 3. The maximum atomic E-state index is 9.47. The Hall–Kier alpha value is -2.27. The van der Waals surface area contributed by atoms with Gasteiger partial charge in [0.15, 0.2) is 11.5 Å². The first-order chi connectivity index (χ1) is 10.2. The standard InChI is InChI=1S/C16H19NO4/c1-11(18)12-4-6-13(7-5-12)21-10-14-16(20-3)15(19-2)8-9-17-14/h4-9,11,18H,10H2,1-3H3/t11-/m0/s1. The molecule has 0 aliphatic heterocycles. The van der Waals surface area contributed by atoms with Crippen LogP contribution in [0.25, 0.3) is 0 Å². The molecule has 0 amide bonds. The minimum Gasteiger partial charge on any atom is -0.493 e. The molecule has 0 saturated heterocycles. The molecule has 5 heteroatoms. The zero-order valence-electron chi connectivity index (χ0n) is 12.4. The zero-order chi connectivity index (χ0) is 15.2. The second-order valence-corrected chi connectivity index (χ2v) is 4.53. The van der Waals surface area contributed by atoms with Crippen molar-refractivity contribution in [2.24, 2.45) is 0 Å². The molecule has 1 N–H and O–H groups in total. The molecular weight excluding hydrogens is 270 g/mol. The van der Waals surface area contributed by atoms with E-state index in [1.54, 1.807) is 33.4 Å². The predicted octanol–water partition coefficient (Wildman–Crippen LogP) is 2.73. The van der Waals surface area contributed by atoms with Crippen LogP contribution in [-0.4, -0.2) is 24.3 Å². The number of aromatic nitrogens is 1. The van der Waals surface area contributed by atoms with Gasteiger partial charge in [-0.1, -0.05) is 12.1 Å². The van der Waals surface area contributed by atoms with E-state index in [4.69, 9.17) is 14.2 Å². The first-order valence-corrected chi connectivity index (χ1v) is 6.62. The molecule has 1 aromatic heterocycles. The van der Waals surface area contributed by atoms with Crippen molar-refractivity contribution in [3.63, 3.8) is 0 Å². The van der Waals surface area contributed by atoms with Gasteiger partial charge in [-0.25, -0.2) is 0 Å². The van der Waals surface area contributed by atoms with Crippen molar-refractivity contribution < 1.29 is 19.3 Å². The molecule has 0 spiro atoms. The van der Waals surface area contributed by atoms with Gasteiger partial charge >= 0.3 is 0 Å². The number of pyridine rings is 1. The SMILES string of the molecule is COc1ccnc(COc2ccc([C@H](C)O)cc2)c1OC. The van der Waals surface area contributed by atoms with Gasteiger partial charge in [-0.15, -0.1) is 0 Å². The molecule has 0 saturated carbocycles. The van der Waals surface area contributed by atoms with Gasteiger partial charge in [-0.3, -0.25) is 4.98 Å². The van der Waals surface area contributed by atoms with Crippen molar-refractivity contribution in [2.75, 3.05) is 14.2 Å². The summed E-state index contributed by atoms with van der Waals surface area (Å²) in [4.78, 5) is 4.25. The summed E-state index contributed by atoms with van der Waals surface area (Å²) in [5, 5.41) is 9.47. The topological polar surface area (TPSA) is 60.8 Å². The number of aliphatic hydroxyl groups excluding tert-OH is 1. The van der Waals surface area contributed by atoms with Crippen LogP contribution in [0.3, 0.4) is 0 Å². The van der Waals surface area contributed by atoms with Crippen LogP contribution in [0.5, 0.6) is 17.2 Å². The summed E-state index contributed by atoms with van der Waals surface area (Å²) in [6.45, 7) is 2.00. The van der Waals surface area contributed by atoms with Crippen LogP contribution in [0, 0.1) is 0 Å². The molecule has 0 bridgehead atoms. The van der Waals surface area contributed by atoms with Gasteiger partial charge < -0.3 is 19.3 Å². The van der Waals surface area contributed by atoms with Crippen LogP contribution >= 0.6 is 0 Å². The van der Waals surface area contributed by atoms with Crippen LogP contribution in [0.1, 0.15) is 24.3 Å². The Morgan fingerprint density at radius 3 is 2.38 bits per heavy atom. The van der Waals surface area contributed by atoms with Gasteiger partial charge in [0.1, 0.15) is 18.1 Å². The number of rotatable bonds is 6. The number of nitrogens with zero attached hydrogens (tertiary/aromatic N) is 1. The maximum absolute atomic E-state index is 9.47. The van der Waals surface area contributed by atoms with Crippen molar-refractivity contribution in [1.29, 1.82) is 0 Å². The van der Waals surface area contributed by atoms with E-state index >= 15 is 0 Å². The van der Waals surface area contributed by atoms with Crippen LogP contribution in [0.4, 0.5) is 0 Å². The lowest BCUT2D eigenvalue weighted by Crippen LogP contribution is -2.03. The molecule has 2 aromatic rings. The molecule has 112 valence electrons. The summed E-state index contributed by atoms with van der Waals surface area (Å²) < 4.78 is 16.2. The average molecular weight is 289 g/mol. The molecule has 1 heterocycles. The second kappa shape index (κ2) is 6.95. The lowest BCUT2D eigenvalue weighted by Gasteiger charge is -2.12. The molecule has 0 fully saturated rings. The van der Waals surface area contributed by atoms with Crippen molar-refractivity contribution >= 4 is 0 Å². The van der Waals surface area contributed by atoms with E-state index in [9.17, 15) is 5.11 Å². The quantitative estimate of drug-likeness (QED) is 0.886.